The molecule has 5 heteroatoms. The molecule has 0 spiro atoms. The predicted octanol–water partition coefficient (Wildman–Crippen LogP) is 5.17. The molecule has 0 aliphatic rings. The van der Waals surface area contributed by atoms with Gasteiger partial charge in [0.05, 0.1) is 6.10 Å². The van der Waals surface area contributed by atoms with Crippen LogP contribution in [0.25, 0.3) is 0 Å². The molecule has 0 aliphatic heterocycles. The summed E-state index contributed by atoms with van der Waals surface area (Å²) in [5, 5.41) is 10.9. The van der Waals surface area contributed by atoms with E-state index in [1.165, 1.54) is 12.1 Å². The number of hydrogen-bond donors (Lipinski definition) is 1. The second kappa shape index (κ2) is 6.23. The Morgan fingerprint density at radius 1 is 1.16 bits per heavy atom. The van der Waals surface area contributed by atoms with E-state index in [2.05, 4.69) is 15.9 Å². The van der Waals surface area contributed by atoms with Gasteiger partial charge in [0.1, 0.15) is 5.82 Å². The van der Waals surface area contributed by atoms with E-state index in [4.69, 9.17) is 23.2 Å². The van der Waals surface area contributed by atoms with Crippen LogP contribution in [0.15, 0.2) is 40.9 Å². The Balaban J connectivity index is 2.28. The number of aliphatic hydroxyl groups excluding tert-OH is 1. The monoisotopic (exact) mass is 362 g/mol. The van der Waals surface area contributed by atoms with Crippen molar-refractivity contribution in [3.8, 4) is 0 Å². The van der Waals surface area contributed by atoms with Crippen LogP contribution in [-0.4, -0.2) is 5.11 Å². The van der Waals surface area contributed by atoms with Gasteiger partial charge in [-0.05, 0) is 29.8 Å². The number of aliphatic hydroxyl groups is 1. The molecule has 1 unspecified atom stereocenters. The second-order valence-corrected chi connectivity index (χ2v) is 5.82. The second-order valence-electron chi connectivity index (χ2n) is 4.09. The van der Waals surface area contributed by atoms with Gasteiger partial charge < -0.3 is 5.11 Å². The minimum absolute atomic E-state index is 0.100. The maximum atomic E-state index is 13.7. The highest BCUT2D eigenvalue weighted by atomic mass is 79.9. The first-order valence-electron chi connectivity index (χ1n) is 5.55. The van der Waals surface area contributed by atoms with E-state index in [0.717, 1.165) is 10.0 Å². The van der Waals surface area contributed by atoms with E-state index in [-0.39, 0.29) is 17.0 Å². The summed E-state index contributed by atoms with van der Waals surface area (Å²) in [5.74, 6) is -0.520. The van der Waals surface area contributed by atoms with E-state index in [9.17, 15) is 9.50 Å². The van der Waals surface area contributed by atoms with Crippen molar-refractivity contribution in [3.63, 3.8) is 0 Å². The molecule has 0 bridgehead atoms. The molecule has 0 radical (unpaired) electrons. The number of hydrogen-bond acceptors (Lipinski definition) is 1. The van der Waals surface area contributed by atoms with Crippen molar-refractivity contribution in [3.05, 3.63) is 67.9 Å². The molecule has 0 amide bonds. The van der Waals surface area contributed by atoms with Gasteiger partial charge in [-0.2, -0.15) is 0 Å². The van der Waals surface area contributed by atoms with Gasteiger partial charge in [-0.3, -0.25) is 0 Å². The molecule has 0 aromatic heterocycles. The molecule has 2 aromatic rings. The fraction of sp³-hybridized carbons (Fsp3) is 0.143. The molecule has 0 heterocycles. The Labute approximate surface area is 129 Å². The first kappa shape index (κ1) is 14.8. The molecule has 2 rings (SSSR count). The summed E-state index contributed by atoms with van der Waals surface area (Å²) < 4.78 is 14.5. The van der Waals surface area contributed by atoms with Gasteiger partial charge in [0, 0.05) is 26.5 Å². The zero-order valence-electron chi connectivity index (χ0n) is 9.71. The quantitative estimate of drug-likeness (QED) is 0.797. The third kappa shape index (κ3) is 3.48. The van der Waals surface area contributed by atoms with Crippen molar-refractivity contribution < 1.29 is 9.50 Å². The van der Waals surface area contributed by atoms with E-state index in [1.54, 1.807) is 18.2 Å². The van der Waals surface area contributed by atoms with Gasteiger partial charge >= 0.3 is 0 Å². The van der Waals surface area contributed by atoms with Crippen LogP contribution in [0.1, 0.15) is 17.2 Å². The maximum Gasteiger partial charge on any atom is 0.130 e. The number of benzene rings is 2. The van der Waals surface area contributed by atoms with E-state index >= 15 is 0 Å². The van der Waals surface area contributed by atoms with Crippen LogP contribution in [-0.2, 0) is 6.42 Å². The van der Waals surface area contributed by atoms with Crippen molar-refractivity contribution in [1.82, 2.24) is 0 Å². The molecule has 19 heavy (non-hydrogen) atoms. The van der Waals surface area contributed by atoms with Crippen molar-refractivity contribution in [2.45, 2.75) is 12.5 Å². The van der Waals surface area contributed by atoms with Gasteiger partial charge in [0.25, 0.3) is 0 Å². The lowest BCUT2D eigenvalue weighted by Crippen LogP contribution is -2.05. The Hall–Kier alpha value is -0.610. The molecule has 0 saturated heterocycles. The van der Waals surface area contributed by atoms with Crippen LogP contribution in [0.2, 0.25) is 10.0 Å². The Morgan fingerprint density at radius 2 is 1.89 bits per heavy atom. The minimum Gasteiger partial charge on any atom is -0.388 e. The Morgan fingerprint density at radius 3 is 2.53 bits per heavy atom. The highest BCUT2D eigenvalue weighted by Crippen LogP contribution is 2.31. The smallest absolute Gasteiger partial charge is 0.130 e. The van der Waals surface area contributed by atoms with Gasteiger partial charge in [-0.25, -0.2) is 4.39 Å². The maximum absolute atomic E-state index is 13.7. The van der Waals surface area contributed by atoms with Crippen molar-refractivity contribution >= 4 is 39.1 Å². The summed E-state index contributed by atoms with van der Waals surface area (Å²) in [5.41, 5.74) is 0.833. The van der Waals surface area contributed by atoms with Crippen LogP contribution >= 0.6 is 39.1 Å². The molecule has 100 valence electrons. The summed E-state index contributed by atoms with van der Waals surface area (Å²) in [6.45, 7) is 0. The molecular weight excluding hydrogens is 354 g/mol. The standard InChI is InChI=1S/C14H10BrCl2FO/c15-9-5-4-8(11(17)7-9)6-13(19)14-10(16)2-1-3-12(14)18/h1-5,7,13,19H,6H2. The average molecular weight is 364 g/mol. The first-order chi connectivity index (χ1) is 8.99. The molecule has 0 saturated carbocycles. The van der Waals surface area contributed by atoms with Crippen LogP contribution in [0.5, 0.6) is 0 Å². The summed E-state index contributed by atoms with van der Waals surface area (Å²) in [7, 11) is 0. The van der Waals surface area contributed by atoms with Crippen LogP contribution < -0.4 is 0 Å². The zero-order valence-corrected chi connectivity index (χ0v) is 12.8. The van der Waals surface area contributed by atoms with E-state index in [0.29, 0.717) is 5.02 Å². The molecule has 2 aromatic carbocycles. The Bertz CT molecular complexity index is 584. The van der Waals surface area contributed by atoms with Gasteiger partial charge in [0.15, 0.2) is 0 Å². The molecule has 0 fully saturated rings. The lowest BCUT2D eigenvalue weighted by molar-refractivity contribution is 0.174. The van der Waals surface area contributed by atoms with Crippen molar-refractivity contribution in [1.29, 1.82) is 0 Å². The first-order valence-corrected chi connectivity index (χ1v) is 7.10. The normalized spacial score (nSPS) is 12.5. The zero-order chi connectivity index (χ0) is 14.0. The number of rotatable bonds is 3. The fourth-order valence-corrected chi connectivity index (χ4v) is 2.87. The third-order valence-electron chi connectivity index (χ3n) is 2.76. The molecule has 1 atom stereocenters. The summed E-state index contributed by atoms with van der Waals surface area (Å²) in [4.78, 5) is 0. The summed E-state index contributed by atoms with van der Waals surface area (Å²) in [6, 6.07) is 9.65. The lowest BCUT2D eigenvalue weighted by Gasteiger charge is -2.14. The SMILES string of the molecule is OC(Cc1ccc(Br)cc1Cl)c1c(F)cccc1Cl. The van der Waals surface area contributed by atoms with Gasteiger partial charge in [-0.1, -0.05) is 51.3 Å². The number of halogens is 4. The average Bonchev–Trinajstić information content (AvgIpc) is 2.32. The highest BCUT2D eigenvalue weighted by molar-refractivity contribution is 9.10. The topological polar surface area (TPSA) is 20.2 Å². The van der Waals surface area contributed by atoms with Gasteiger partial charge in [0.2, 0.25) is 0 Å². The van der Waals surface area contributed by atoms with Crippen LogP contribution in [0, 0.1) is 5.82 Å². The highest BCUT2D eigenvalue weighted by Gasteiger charge is 2.18. The van der Waals surface area contributed by atoms with Crippen LogP contribution in [0.3, 0.4) is 0 Å². The molecule has 1 N–H and O–H groups in total. The molecular formula is C14H10BrCl2FO. The molecule has 1 nitrogen and oxygen atoms in total. The van der Waals surface area contributed by atoms with Crippen molar-refractivity contribution in [2.75, 3.05) is 0 Å². The minimum atomic E-state index is -1.03. The van der Waals surface area contributed by atoms with Crippen molar-refractivity contribution in [2.24, 2.45) is 0 Å². The van der Waals surface area contributed by atoms with E-state index in [1.807, 2.05) is 6.07 Å². The van der Waals surface area contributed by atoms with Crippen LogP contribution in [0.4, 0.5) is 4.39 Å². The summed E-state index contributed by atoms with van der Waals surface area (Å²) in [6.07, 6.45) is -0.834. The predicted molar refractivity (Wildman–Crippen MR) is 79.2 cm³/mol. The molecule has 0 aliphatic carbocycles. The Kier molecular flexibility index (Phi) is 4.85. The largest absolute Gasteiger partial charge is 0.388 e. The fourth-order valence-electron chi connectivity index (χ4n) is 1.83. The summed E-state index contributed by atoms with van der Waals surface area (Å²) >= 11 is 15.3. The van der Waals surface area contributed by atoms with E-state index < -0.39 is 11.9 Å². The lowest BCUT2D eigenvalue weighted by atomic mass is 10.0. The third-order valence-corrected chi connectivity index (χ3v) is 3.94. The van der Waals surface area contributed by atoms with Gasteiger partial charge in [-0.15, -0.1) is 0 Å².